The van der Waals surface area contributed by atoms with E-state index in [1.54, 1.807) is 43.3 Å². The minimum Gasteiger partial charge on any atom is -0.507 e. The molecule has 0 unspecified atom stereocenters. The molecule has 0 atom stereocenters. The second-order valence-corrected chi connectivity index (χ2v) is 4.13. The van der Waals surface area contributed by atoms with Crippen molar-refractivity contribution in [2.45, 2.75) is 6.92 Å². The molecule has 20 heavy (non-hydrogen) atoms. The molecule has 0 saturated carbocycles. The van der Waals surface area contributed by atoms with Crippen molar-refractivity contribution in [1.82, 2.24) is 0 Å². The largest absolute Gasteiger partial charge is 0.507 e. The molecule has 0 aliphatic rings. The molecule has 0 radical (unpaired) electrons. The molecule has 0 aliphatic carbocycles. The van der Waals surface area contributed by atoms with Crippen molar-refractivity contribution in [3.8, 4) is 5.75 Å². The molecule has 0 heterocycles. The summed E-state index contributed by atoms with van der Waals surface area (Å²) < 4.78 is 0. The van der Waals surface area contributed by atoms with Gasteiger partial charge in [0.05, 0.1) is 16.3 Å². The monoisotopic (exact) mass is 271 g/mol. The minimum atomic E-state index is -0.467. The number of benzene rings is 2. The molecule has 0 fully saturated rings. The molecule has 0 spiro atoms. The smallest absolute Gasteiger partial charge is 0.271 e. The number of hydrazone groups is 1. The molecule has 2 N–H and O–H groups in total. The highest BCUT2D eigenvalue weighted by Crippen LogP contribution is 2.19. The van der Waals surface area contributed by atoms with Gasteiger partial charge in [-0.1, -0.05) is 18.2 Å². The molecule has 0 amide bonds. The molecule has 2 rings (SSSR count). The Hall–Kier alpha value is -2.89. The fraction of sp³-hybridized carbons (Fsp3) is 0.0714. The third-order valence-corrected chi connectivity index (χ3v) is 2.70. The number of hydrogen-bond acceptors (Lipinski definition) is 5. The maximum atomic E-state index is 10.7. The van der Waals surface area contributed by atoms with Crippen LogP contribution in [0.5, 0.6) is 5.75 Å². The Morgan fingerprint density at radius 3 is 2.70 bits per heavy atom. The fourth-order valence-corrected chi connectivity index (χ4v) is 1.68. The Balaban J connectivity index is 2.19. The van der Waals surface area contributed by atoms with Crippen LogP contribution in [0.25, 0.3) is 0 Å². The number of nitrogens with zero attached hydrogens (tertiary/aromatic N) is 2. The van der Waals surface area contributed by atoms with E-state index in [4.69, 9.17) is 0 Å². The zero-order valence-electron chi connectivity index (χ0n) is 10.8. The summed E-state index contributed by atoms with van der Waals surface area (Å²) >= 11 is 0. The van der Waals surface area contributed by atoms with Gasteiger partial charge < -0.3 is 5.11 Å². The van der Waals surface area contributed by atoms with Crippen molar-refractivity contribution in [3.05, 3.63) is 64.2 Å². The van der Waals surface area contributed by atoms with E-state index >= 15 is 0 Å². The van der Waals surface area contributed by atoms with Gasteiger partial charge in [0.15, 0.2) is 0 Å². The third kappa shape index (κ3) is 3.11. The van der Waals surface area contributed by atoms with E-state index in [-0.39, 0.29) is 11.4 Å². The highest BCUT2D eigenvalue weighted by Gasteiger charge is 2.06. The van der Waals surface area contributed by atoms with E-state index in [1.807, 2.05) is 0 Å². The predicted octanol–water partition coefficient (Wildman–Crippen LogP) is 3.14. The van der Waals surface area contributed by atoms with Gasteiger partial charge in [0.2, 0.25) is 0 Å². The van der Waals surface area contributed by atoms with Crippen LogP contribution >= 0.6 is 0 Å². The predicted molar refractivity (Wildman–Crippen MR) is 77.0 cm³/mol. The number of rotatable bonds is 4. The quantitative estimate of drug-likeness (QED) is 0.508. The van der Waals surface area contributed by atoms with Gasteiger partial charge in [0.1, 0.15) is 5.75 Å². The summed E-state index contributed by atoms with van der Waals surface area (Å²) in [6.07, 6.45) is 0. The SMILES string of the molecule is C/C(=N\Nc1cccc([N+](=O)[O-])c1)c1ccccc1O. The number of phenolic OH excluding ortho intramolecular Hbond substituents is 1. The number of phenols is 1. The van der Waals surface area contributed by atoms with Gasteiger partial charge in [0.25, 0.3) is 5.69 Å². The average molecular weight is 271 g/mol. The summed E-state index contributed by atoms with van der Waals surface area (Å²) in [5.41, 5.74) is 4.42. The lowest BCUT2D eigenvalue weighted by Gasteiger charge is -2.05. The van der Waals surface area contributed by atoms with E-state index in [9.17, 15) is 15.2 Å². The highest BCUT2D eigenvalue weighted by atomic mass is 16.6. The Kier molecular flexibility index (Phi) is 3.95. The number of nitro benzene ring substituents is 1. The van der Waals surface area contributed by atoms with Crippen LogP contribution in [0.15, 0.2) is 53.6 Å². The third-order valence-electron chi connectivity index (χ3n) is 2.70. The summed E-state index contributed by atoms with van der Waals surface area (Å²) in [7, 11) is 0. The molecule has 0 saturated heterocycles. The van der Waals surface area contributed by atoms with E-state index in [0.717, 1.165) is 0 Å². The minimum absolute atomic E-state index is 0.00888. The lowest BCUT2D eigenvalue weighted by molar-refractivity contribution is -0.384. The Morgan fingerprint density at radius 1 is 1.25 bits per heavy atom. The molecule has 2 aromatic carbocycles. The molecular weight excluding hydrogens is 258 g/mol. The van der Waals surface area contributed by atoms with Crippen molar-refractivity contribution < 1.29 is 10.0 Å². The Morgan fingerprint density at radius 2 is 2.00 bits per heavy atom. The number of non-ortho nitro benzene ring substituents is 1. The molecular formula is C14H13N3O3. The maximum Gasteiger partial charge on any atom is 0.271 e. The molecule has 0 aliphatic heterocycles. The van der Waals surface area contributed by atoms with Crippen LogP contribution in [-0.2, 0) is 0 Å². The van der Waals surface area contributed by atoms with Crippen LogP contribution < -0.4 is 5.43 Å². The Labute approximate surface area is 115 Å². The van der Waals surface area contributed by atoms with E-state index < -0.39 is 4.92 Å². The number of para-hydroxylation sites is 1. The summed E-state index contributed by atoms with van der Waals surface area (Å²) in [5.74, 6) is 0.134. The number of nitrogens with one attached hydrogen (secondary N) is 1. The summed E-state index contributed by atoms with van der Waals surface area (Å²) in [5, 5.41) is 24.5. The fourth-order valence-electron chi connectivity index (χ4n) is 1.68. The highest BCUT2D eigenvalue weighted by molar-refractivity contribution is 6.01. The first-order valence-corrected chi connectivity index (χ1v) is 5.91. The molecule has 102 valence electrons. The van der Waals surface area contributed by atoms with E-state index in [1.165, 1.54) is 12.1 Å². The van der Waals surface area contributed by atoms with Crippen LogP contribution in [0, 0.1) is 10.1 Å². The van der Waals surface area contributed by atoms with Crippen molar-refractivity contribution in [2.75, 3.05) is 5.43 Å². The average Bonchev–Trinajstić information content (AvgIpc) is 2.45. The van der Waals surface area contributed by atoms with Crippen LogP contribution in [0.3, 0.4) is 0 Å². The van der Waals surface area contributed by atoms with Gasteiger partial charge >= 0.3 is 0 Å². The second kappa shape index (κ2) is 5.83. The number of anilines is 1. The summed E-state index contributed by atoms with van der Waals surface area (Å²) in [6, 6.07) is 12.9. The van der Waals surface area contributed by atoms with Crippen LogP contribution in [0.4, 0.5) is 11.4 Å². The second-order valence-electron chi connectivity index (χ2n) is 4.13. The van der Waals surface area contributed by atoms with Crippen molar-refractivity contribution in [3.63, 3.8) is 0 Å². The molecule has 0 bridgehead atoms. The standard InChI is InChI=1S/C14H13N3O3/c1-10(13-7-2-3-8-14(13)18)15-16-11-5-4-6-12(9-11)17(19)20/h2-9,16,18H,1H3/b15-10+. The van der Waals surface area contributed by atoms with Gasteiger partial charge in [-0.2, -0.15) is 5.10 Å². The lowest BCUT2D eigenvalue weighted by atomic mass is 10.1. The summed E-state index contributed by atoms with van der Waals surface area (Å²) in [6.45, 7) is 1.74. The first-order chi connectivity index (χ1) is 9.58. The molecule has 6 nitrogen and oxygen atoms in total. The van der Waals surface area contributed by atoms with Crippen molar-refractivity contribution >= 4 is 17.1 Å². The van der Waals surface area contributed by atoms with Crippen molar-refractivity contribution in [2.24, 2.45) is 5.10 Å². The van der Waals surface area contributed by atoms with Gasteiger partial charge in [-0.3, -0.25) is 15.5 Å². The number of nitro groups is 1. The Bertz CT molecular complexity index is 668. The normalized spacial score (nSPS) is 11.2. The van der Waals surface area contributed by atoms with Gasteiger partial charge in [0, 0.05) is 17.7 Å². The molecule has 6 heteroatoms. The topological polar surface area (TPSA) is 87.8 Å². The molecule has 2 aromatic rings. The first kappa shape index (κ1) is 13.5. The van der Waals surface area contributed by atoms with Crippen molar-refractivity contribution in [1.29, 1.82) is 0 Å². The van der Waals surface area contributed by atoms with Gasteiger partial charge in [-0.25, -0.2) is 0 Å². The van der Waals surface area contributed by atoms with Crippen LogP contribution in [0.2, 0.25) is 0 Å². The zero-order chi connectivity index (χ0) is 14.5. The zero-order valence-corrected chi connectivity index (χ0v) is 10.8. The van der Waals surface area contributed by atoms with E-state index in [2.05, 4.69) is 10.5 Å². The van der Waals surface area contributed by atoms with E-state index in [0.29, 0.717) is 17.0 Å². The summed E-state index contributed by atoms with van der Waals surface area (Å²) in [4.78, 5) is 10.2. The number of aromatic hydroxyl groups is 1. The maximum absolute atomic E-state index is 10.7. The van der Waals surface area contributed by atoms with Crippen LogP contribution in [-0.4, -0.2) is 15.7 Å². The first-order valence-electron chi connectivity index (χ1n) is 5.91. The molecule has 0 aromatic heterocycles. The lowest BCUT2D eigenvalue weighted by Crippen LogP contribution is -2.00. The number of hydrogen-bond donors (Lipinski definition) is 2. The van der Waals surface area contributed by atoms with Crippen LogP contribution in [0.1, 0.15) is 12.5 Å². The van der Waals surface area contributed by atoms with Gasteiger partial charge in [-0.15, -0.1) is 0 Å². The van der Waals surface area contributed by atoms with Gasteiger partial charge in [-0.05, 0) is 25.1 Å².